The highest BCUT2D eigenvalue weighted by atomic mass is 32.2. The second kappa shape index (κ2) is 8.88. The van der Waals surface area contributed by atoms with E-state index in [-0.39, 0.29) is 0 Å². The van der Waals surface area contributed by atoms with Gasteiger partial charge in [0.1, 0.15) is 5.00 Å². The second-order valence-corrected chi connectivity index (χ2v) is 7.90. The van der Waals surface area contributed by atoms with E-state index >= 15 is 0 Å². The summed E-state index contributed by atoms with van der Waals surface area (Å²) in [5, 5.41) is 4.67. The smallest absolute Gasteiger partial charge is 0.331 e. The number of rotatable bonds is 7. The quantitative estimate of drug-likeness (QED) is 0.421. The maximum absolute atomic E-state index is 12.1. The van der Waals surface area contributed by atoms with Gasteiger partial charge in [0.25, 0.3) is 11.8 Å². The Morgan fingerprint density at radius 3 is 2.74 bits per heavy atom. The van der Waals surface area contributed by atoms with Gasteiger partial charge in [-0.15, -0.1) is 11.3 Å². The normalized spacial score (nSPS) is 12.7. The van der Waals surface area contributed by atoms with E-state index in [1.54, 1.807) is 5.41 Å². The van der Waals surface area contributed by atoms with Gasteiger partial charge < -0.3 is 15.8 Å². The van der Waals surface area contributed by atoms with Crippen LogP contribution in [0.5, 0.6) is 0 Å². The van der Waals surface area contributed by atoms with Gasteiger partial charge in [-0.2, -0.15) is 0 Å². The highest BCUT2D eigenvalue weighted by Crippen LogP contribution is 2.38. The topological polar surface area (TPSA) is 98.5 Å². The van der Waals surface area contributed by atoms with E-state index in [1.165, 1.54) is 29.2 Å². The zero-order chi connectivity index (χ0) is 19.2. The van der Waals surface area contributed by atoms with Gasteiger partial charge in [0.05, 0.1) is 5.56 Å². The molecule has 8 heteroatoms. The summed E-state index contributed by atoms with van der Waals surface area (Å²) in [6, 6.07) is 9.55. The number of aryl methyl sites for hydroxylation is 1. The zero-order valence-corrected chi connectivity index (χ0v) is 16.0. The monoisotopic (exact) mass is 402 g/mol. The molecule has 2 amide bonds. The number of esters is 1. The lowest BCUT2D eigenvalue weighted by Crippen LogP contribution is -2.22. The number of ether oxygens (including phenoxy) is 1. The molecule has 0 saturated heterocycles. The average Bonchev–Trinajstić information content (AvgIpc) is 3.21. The fourth-order valence-electron chi connectivity index (χ4n) is 2.77. The van der Waals surface area contributed by atoms with E-state index in [0.717, 1.165) is 34.6 Å². The van der Waals surface area contributed by atoms with Crippen molar-refractivity contribution in [3.63, 3.8) is 0 Å². The Balaban J connectivity index is 1.50. The van der Waals surface area contributed by atoms with Crippen molar-refractivity contribution >= 4 is 45.9 Å². The summed E-state index contributed by atoms with van der Waals surface area (Å²) in [5.41, 5.74) is 6.76. The standard InChI is InChI=1S/C19H18N2O4S2/c20-18(24)17-13-7-4-8-14(13)27-19(17)21-15(22)11-25-16(23)9-10-26-12-5-2-1-3-6-12/h1-3,5-6,9-10H,4,7-8,11H2,(H2,20,24)(H,21,22)/b10-9+. The van der Waals surface area contributed by atoms with Gasteiger partial charge in [0.15, 0.2) is 6.61 Å². The lowest BCUT2D eigenvalue weighted by molar-refractivity contribution is -0.142. The fraction of sp³-hybridized carbons (Fsp3) is 0.211. The van der Waals surface area contributed by atoms with Crippen molar-refractivity contribution in [2.24, 2.45) is 5.73 Å². The van der Waals surface area contributed by atoms with Crippen molar-refractivity contribution in [1.29, 1.82) is 0 Å². The number of benzene rings is 1. The minimum absolute atomic E-state index is 0.381. The van der Waals surface area contributed by atoms with Crippen LogP contribution in [0.1, 0.15) is 27.2 Å². The summed E-state index contributed by atoms with van der Waals surface area (Å²) in [6.07, 6.45) is 3.92. The van der Waals surface area contributed by atoms with E-state index in [1.807, 2.05) is 30.3 Å². The van der Waals surface area contributed by atoms with Crippen LogP contribution in [0.25, 0.3) is 0 Å². The minimum atomic E-state index is -0.614. The van der Waals surface area contributed by atoms with Crippen molar-refractivity contribution in [3.8, 4) is 0 Å². The van der Waals surface area contributed by atoms with Gasteiger partial charge in [-0.05, 0) is 42.4 Å². The number of hydrogen-bond acceptors (Lipinski definition) is 6. The first-order valence-electron chi connectivity index (χ1n) is 8.34. The molecule has 0 saturated carbocycles. The average molecular weight is 402 g/mol. The molecule has 0 atom stereocenters. The Morgan fingerprint density at radius 1 is 1.22 bits per heavy atom. The predicted molar refractivity (Wildman–Crippen MR) is 106 cm³/mol. The number of carbonyl (C=O) groups excluding carboxylic acids is 3. The molecule has 1 aromatic carbocycles. The number of nitrogens with two attached hydrogens (primary N) is 1. The molecule has 6 nitrogen and oxygen atoms in total. The van der Waals surface area contributed by atoms with E-state index < -0.39 is 24.4 Å². The molecule has 3 N–H and O–H groups in total. The SMILES string of the molecule is NC(=O)c1c(NC(=O)COC(=O)/C=C/Sc2ccccc2)sc2c1CCC2. The Hall–Kier alpha value is -2.58. The Morgan fingerprint density at radius 2 is 2.00 bits per heavy atom. The third-order valence-electron chi connectivity index (χ3n) is 3.92. The third kappa shape index (κ3) is 4.99. The fourth-order valence-corrected chi connectivity index (χ4v) is 4.73. The van der Waals surface area contributed by atoms with Gasteiger partial charge in [-0.3, -0.25) is 9.59 Å². The van der Waals surface area contributed by atoms with Crippen LogP contribution >= 0.6 is 23.1 Å². The van der Waals surface area contributed by atoms with E-state index in [0.29, 0.717) is 10.6 Å². The molecular formula is C19H18N2O4S2. The van der Waals surface area contributed by atoms with Crippen LogP contribution in [-0.2, 0) is 27.2 Å². The van der Waals surface area contributed by atoms with Crippen LogP contribution in [0.15, 0.2) is 46.7 Å². The first-order chi connectivity index (χ1) is 13.0. The number of thiophene rings is 1. The number of carbonyl (C=O) groups is 3. The molecule has 0 radical (unpaired) electrons. The van der Waals surface area contributed by atoms with Crippen LogP contribution in [0.3, 0.4) is 0 Å². The van der Waals surface area contributed by atoms with Crippen molar-refractivity contribution in [2.75, 3.05) is 11.9 Å². The Bertz CT molecular complexity index is 891. The number of nitrogens with one attached hydrogen (secondary N) is 1. The van der Waals surface area contributed by atoms with E-state index in [9.17, 15) is 14.4 Å². The summed E-state index contributed by atoms with van der Waals surface area (Å²) in [5.74, 6) is -1.67. The molecule has 1 aromatic heterocycles. The van der Waals surface area contributed by atoms with Crippen molar-refractivity contribution in [2.45, 2.75) is 24.2 Å². The Labute approximate surface area is 164 Å². The predicted octanol–water partition coefficient (Wildman–Crippen LogP) is 3.12. The second-order valence-electron chi connectivity index (χ2n) is 5.82. The molecule has 140 valence electrons. The van der Waals surface area contributed by atoms with Gasteiger partial charge in [-0.25, -0.2) is 4.79 Å². The highest BCUT2D eigenvalue weighted by Gasteiger charge is 2.26. The van der Waals surface area contributed by atoms with Crippen LogP contribution in [-0.4, -0.2) is 24.4 Å². The zero-order valence-electron chi connectivity index (χ0n) is 14.4. The van der Waals surface area contributed by atoms with Gasteiger partial charge in [-0.1, -0.05) is 30.0 Å². The molecule has 1 heterocycles. The first kappa shape index (κ1) is 19.2. The summed E-state index contributed by atoms with van der Waals surface area (Å²) < 4.78 is 4.93. The number of fused-ring (bicyclic) bond motifs is 1. The number of amides is 2. The van der Waals surface area contributed by atoms with Crippen LogP contribution in [0.4, 0.5) is 5.00 Å². The van der Waals surface area contributed by atoms with Gasteiger partial charge >= 0.3 is 5.97 Å². The molecule has 1 aliphatic rings. The molecule has 3 rings (SSSR count). The summed E-state index contributed by atoms with van der Waals surface area (Å²) in [7, 11) is 0. The molecule has 0 aliphatic heterocycles. The third-order valence-corrected chi connectivity index (χ3v) is 5.94. The van der Waals surface area contributed by atoms with Crippen LogP contribution in [0, 0.1) is 0 Å². The van der Waals surface area contributed by atoms with Crippen molar-refractivity contribution in [1.82, 2.24) is 0 Å². The summed E-state index contributed by atoms with van der Waals surface area (Å²) >= 11 is 2.73. The van der Waals surface area contributed by atoms with Crippen molar-refractivity contribution in [3.05, 3.63) is 57.8 Å². The van der Waals surface area contributed by atoms with E-state index in [2.05, 4.69) is 5.32 Å². The van der Waals surface area contributed by atoms with Crippen LogP contribution in [0.2, 0.25) is 0 Å². The number of anilines is 1. The number of hydrogen-bond donors (Lipinski definition) is 2. The minimum Gasteiger partial charge on any atom is -0.452 e. The number of primary amides is 1. The first-order valence-corrected chi connectivity index (χ1v) is 10.0. The molecule has 0 unspecified atom stereocenters. The molecular weight excluding hydrogens is 384 g/mol. The molecule has 1 aliphatic carbocycles. The molecule has 2 aromatic rings. The van der Waals surface area contributed by atoms with Crippen molar-refractivity contribution < 1.29 is 19.1 Å². The van der Waals surface area contributed by atoms with E-state index in [4.69, 9.17) is 10.5 Å². The maximum atomic E-state index is 12.1. The summed E-state index contributed by atoms with van der Waals surface area (Å²) in [6.45, 7) is -0.431. The summed E-state index contributed by atoms with van der Waals surface area (Å²) in [4.78, 5) is 37.5. The van der Waals surface area contributed by atoms with Crippen LogP contribution < -0.4 is 11.1 Å². The lowest BCUT2D eigenvalue weighted by Gasteiger charge is -2.06. The van der Waals surface area contributed by atoms with Gasteiger partial charge in [0, 0.05) is 15.8 Å². The largest absolute Gasteiger partial charge is 0.452 e. The van der Waals surface area contributed by atoms with Gasteiger partial charge in [0.2, 0.25) is 0 Å². The highest BCUT2D eigenvalue weighted by molar-refractivity contribution is 8.02. The molecule has 0 fully saturated rings. The Kier molecular flexibility index (Phi) is 6.31. The maximum Gasteiger partial charge on any atom is 0.331 e. The lowest BCUT2D eigenvalue weighted by atomic mass is 10.1. The molecule has 0 bridgehead atoms. The molecule has 0 spiro atoms. The number of thioether (sulfide) groups is 1. The molecule has 27 heavy (non-hydrogen) atoms.